The number of ether oxygens (including phenoxy) is 1. The van der Waals surface area contributed by atoms with Gasteiger partial charge in [0, 0.05) is 11.6 Å². The molecule has 7 nitrogen and oxygen atoms in total. The van der Waals surface area contributed by atoms with Gasteiger partial charge in [0.25, 0.3) is 0 Å². The number of nitrogens with zero attached hydrogens (tertiary/aromatic N) is 1. The molecular weight excluding hydrogens is 566 g/mol. The van der Waals surface area contributed by atoms with Gasteiger partial charge >= 0.3 is 6.18 Å². The van der Waals surface area contributed by atoms with E-state index in [-0.39, 0.29) is 44.2 Å². The molecule has 0 saturated carbocycles. The smallest absolute Gasteiger partial charge is 0.417 e. The summed E-state index contributed by atoms with van der Waals surface area (Å²) in [4.78, 5) is 16.6. The SMILES string of the molecule is COc1cccc(NC(=O)C(C)(C)C)c1C(O)c1ncc(Cl)cc1NS(=O)c1ccc(Cl)c(C(F)(F)F)c1. The molecule has 3 rings (SSSR count). The normalized spacial score (nSPS) is 13.5. The van der Waals surface area contributed by atoms with Crippen LogP contribution >= 0.6 is 23.2 Å². The van der Waals surface area contributed by atoms with Gasteiger partial charge in [0.05, 0.1) is 50.2 Å². The highest BCUT2D eigenvalue weighted by molar-refractivity contribution is 7.86. The molecule has 3 aromatic rings. The lowest BCUT2D eigenvalue weighted by atomic mass is 9.94. The Morgan fingerprint density at radius 3 is 2.39 bits per heavy atom. The maximum Gasteiger partial charge on any atom is 0.417 e. The number of methoxy groups -OCH3 is 1. The summed E-state index contributed by atoms with van der Waals surface area (Å²) >= 11 is 11.7. The molecule has 0 aliphatic rings. The molecule has 0 fully saturated rings. The van der Waals surface area contributed by atoms with Crippen LogP contribution in [0.2, 0.25) is 10.0 Å². The lowest BCUT2D eigenvalue weighted by Gasteiger charge is -2.23. The fraction of sp³-hybridized carbons (Fsp3) is 0.280. The standard InChI is InChI=1S/C25H24Cl2F3N3O4S/c1-24(2,3)23(35)32-17-6-5-7-19(37-4)20(17)22(34)21-18(10-13(26)12-31-21)33-38(36)14-8-9-16(27)15(11-14)25(28,29)30/h5-12,22,33-34H,1-4H3,(H,32,35). The van der Waals surface area contributed by atoms with Crippen molar-refractivity contribution in [1.29, 1.82) is 0 Å². The van der Waals surface area contributed by atoms with E-state index >= 15 is 0 Å². The number of pyridine rings is 1. The van der Waals surface area contributed by atoms with Gasteiger partial charge in [-0.3, -0.25) is 14.5 Å². The topological polar surface area (TPSA) is 101 Å². The minimum absolute atomic E-state index is 0.0224. The predicted octanol–water partition coefficient (Wildman–Crippen LogP) is 6.62. The van der Waals surface area contributed by atoms with Crippen molar-refractivity contribution >= 4 is 51.5 Å². The Bertz CT molecular complexity index is 1380. The zero-order valence-corrected chi connectivity index (χ0v) is 22.9. The zero-order valence-electron chi connectivity index (χ0n) is 20.6. The molecule has 0 aliphatic heterocycles. The van der Waals surface area contributed by atoms with Crippen LogP contribution in [0.5, 0.6) is 5.75 Å². The second kappa shape index (κ2) is 11.5. The number of aliphatic hydroxyl groups is 1. The van der Waals surface area contributed by atoms with Crippen molar-refractivity contribution < 1.29 is 32.0 Å². The van der Waals surface area contributed by atoms with Crippen LogP contribution in [0.25, 0.3) is 0 Å². The summed E-state index contributed by atoms with van der Waals surface area (Å²) in [6.07, 6.45) is -5.05. The van der Waals surface area contributed by atoms with E-state index in [4.69, 9.17) is 27.9 Å². The monoisotopic (exact) mass is 589 g/mol. The van der Waals surface area contributed by atoms with Crippen LogP contribution in [-0.4, -0.2) is 27.3 Å². The molecule has 38 heavy (non-hydrogen) atoms. The second-order valence-electron chi connectivity index (χ2n) is 9.12. The Balaban J connectivity index is 2.05. The summed E-state index contributed by atoms with van der Waals surface area (Å²) in [5.41, 5.74) is -1.59. The average molecular weight is 590 g/mol. The summed E-state index contributed by atoms with van der Waals surface area (Å²) in [5.74, 6) is -0.105. The molecule has 0 saturated heterocycles. The maximum atomic E-state index is 13.3. The molecule has 1 aromatic heterocycles. The van der Waals surface area contributed by atoms with Crippen LogP contribution in [0, 0.1) is 5.41 Å². The van der Waals surface area contributed by atoms with Crippen LogP contribution in [0.3, 0.4) is 0 Å². The van der Waals surface area contributed by atoms with Crippen molar-refractivity contribution in [2.75, 3.05) is 17.1 Å². The van der Waals surface area contributed by atoms with E-state index in [0.29, 0.717) is 6.07 Å². The Morgan fingerprint density at radius 1 is 1.11 bits per heavy atom. The molecule has 0 bridgehead atoms. The summed E-state index contributed by atoms with van der Waals surface area (Å²) < 4.78 is 60.9. The van der Waals surface area contributed by atoms with E-state index in [9.17, 15) is 27.3 Å². The van der Waals surface area contributed by atoms with Gasteiger partial charge in [0.15, 0.2) is 0 Å². The van der Waals surface area contributed by atoms with Crippen molar-refractivity contribution in [3.05, 3.63) is 75.5 Å². The van der Waals surface area contributed by atoms with Gasteiger partial charge in [-0.15, -0.1) is 0 Å². The van der Waals surface area contributed by atoms with E-state index in [0.717, 1.165) is 6.07 Å². The summed E-state index contributed by atoms with van der Waals surface area (Å²) in [7, 11) is -0.854. The first-order valence-corrected chi connectivity index (χ1v) is 12.9. The van der Waals surface area contributed by atoms with E-state index in [1.807, 2.05) is 0 Å². The Kier molecular flexibility index (Phi) is 8.97. The third kappa shape index (κ3) is 6.76. The maximum absolute atomic E-state index is 13.3. The number of hydrogen-bond donors (Lipinski definition) is 3. The summed E-state index contributed by atoms with van der Waals surface area (Å²) in [6, 6.07) is 8.90. The Hall–Kier alpha value is -2.86. The van der Waals surface area contributed by atoms with Crippen LogP contribution in [0.4, 0.5) is 24.5 Å². The average Bonchev–Trinajstić information content (AvgIpc) is 2.82. The molecule has 2 unspecified atom stereocenters. The number of alkyl halides is 3. The van der Waals surface area contributed by atoms with E-state index in [1.54, 1.807) is 39.0 Å². The molecule has 2 atom stereocenters. The van der Waals surface area contributed by atoms with Crippen LogP contribution in [0.1, 0.15) is 43.7 Å². The molecule has 1 amide bonds. The number of carbonyl (C=O) groups excluding carboxylic acids is 1. The number of aromatic nitrogens is 1. The lowest BCUT2D eigenvalue weighted by molar-refractivity contribution is -0.137. The number of rotatable bonds is 7. The highest BCUT2D eigenvalue weighted by Crippen LogP contribution is 2.40. The first-order chi connectivity index (χ1) is 17.6. The highest BCUT2D eigenvalue weighted by Gasteiger charge is 2.34. The van der Waals surface area contributed by atoms with Crippen molar-refractivity contribution in [1.82, 2.24) is 4.98 Å². The fourth-order valence-electron chi connectivity index (χ4n) is 3.30. The zero-order chi connectivity index (χ0) is 28.4. The molecule has 13 heteroatoms. The first kappa shape index (κ1) is 29.7. The van der Waals surface area contributed by atoms with Crippen molar-refractivity contribution in [3.63, 3.8) is 0 Å². The second-order valence-corrected chi connectivity index (χ2v) is 11.2. The molecule has 0 radical (unpaired) electrons. The lowest BCUT2D eigenvalue weighted by Crippen LogP contribution is -2.28. The molecule has 2 aromatic carbocycles. The van der Waals surface area contributed by atoms with E-state index in [1.165, 1.54) is 25.4 Å². The number of halogens is 5. The van der Waals surface area contributed by atoms with Crippen LogP contribution in [0.15, 0.2) is 53.6 Å². The van der Waals surface area contributed by atoms with Gasteiger partial charge < -0.3 is 15.2 Å². The number of carbonyl (C=O) groups is 1. The van der Waals surface area contributed by atoms with Crippen LogP contribution < -0.4 is 14.8 Å². The largest absolute Gasteiger partial charge is 0.496 e. The van der Waals surface area contributed by atoms with Gasteiger partial charge in [0.1, 0.15) is 22.8 Å². The number of anilines is 2. The molecular formula is C25H24Cl2F3N3O4S. The van der Waals surface area contributed by atoms with Gasteiger partial charge in [-0.25, -0.2) is 4.21 Å². The molecule has 0 aliphatic carbocycles. The summed E-state index contributed by atoms with van der Waals surface area (Å²) in [5, 5.41) is 13.7. The number of amides is 1. The summed E-state index contributed by atoms with van der Waals surface area (Å²) in [6.45, 7) is 5.16. The number of aliphatic hydroxyl groups excluding tert-OH is 1. The van der Waals surface area contributed by atoms with Gasteiger partial charge in [-0.2, -0.15) is 13.2 Å². The van der Waals surface area contributed by atoms with Gasteiger partial charge in [0.2, 0.25) is 5.91 Å². The molecule has 1 heterocycles. The number of hydrogen-bond acceptors (Lipinski definition) is 5. The van der Waals surface area contributed by atoms with Gasteiger partial charge in [-0.05, 0) is 36.4 Å². The van der Waals surface area contributed by atoms with Crippen LogP contribution in [-0.2, 0) is 22.0 Å². The highest BCUT2D eigenvalue weighted by atomic mass is 35.5. The third-order valence-corrected chi connectivity index (χ3v) is 6.92. The fourth-order valence-corrected chi connectivity index (χ4v) is 4.59. The molecule has 204 valence electrons. The first-order valence-electron chi connectivity index (χ1n) is 11.0. The Labute approximate surface area is 229 Å². The number of nitrogens with one attached hydrogen (secondary N) is 2. The van der Waals surface area contributed by atoms with Crippen molar-refractivity contribution in [2.24, 2.45) is 5.41 Å². The quantitative estimate of drug-likeness (QED) is 0.287. The third-order valence-electron chi connectivity index (χ3n) is 5.29. The van der Waals surface area contributed by atoms with Gasteiger partial charge in [-0.1, -0.05) is 50.0 Å². The predicted molar refractivity (Wildman–Crippen MR) is 141 cm³/mol. The molecule has 3 N–H and O–H groups in total. The Morgan fingerprint density at radius 2 is 1.79 bits per heavy atom. The van der Waals surface area contributed by atoms with Crippen molar-refractivity contribution in [2.45, 2.75) is 37.9 Å². The van der Waals surface area contributed by atoms with E-state index < -0.39 is 39.3 Å². The minimum atomic E-state index is -4.76. The van der Waals surface area contributed by atoms with E-state index in [2.05, 4.69) is 15.0 Å². The number of benzene rings is 2. The van der Waals surface area contributed by atoms with Crippen molar-refractivity contribution in [3.8, 4) is 5.75 Å². The molecule has 0 spiro atoms. The minimum Gasteiger partial charge on any atom is -0.496 e.